The summed E-state index contributed by atoms with van der Waals surface area (Å²) in [6.07, 6.45) is 0. The smallest absolute Gasteiger partial charge is 0.280 e. The van der Waals surface area contributed by atoms with Gasteiger partial charge in [0.2, 0.25) is 0 Å². The van der Waals surface area contributed by atoms with Gasteiger partial charge in [0.1, 0.15) is 0 Å². The van der Waals surface area contributed by atoms with Crippen molar-refractivity contribution < 1.29 is 18.5 Å². The Hall–Kier alpha value is -2.49. The van der Waals surface area contributed by atoms with Gasteiger partial charge in [-0.2, -0.15) is 0 Å². The van der Waals surface area contributed by atoms with Crippen LogP contribution < -0.4 is 0 Å². The molecule has 4 aromatic rings. The molecule has 0 unspecified atom stereocenters. The van der Waals surface area contributed by atoms with Gasteiger partial charge in [-0.3, -0.25) is 9.05 Å². The minimum atomic E-state index is -4.43. The zero-order valence-corrected chi connectivity index (χ0v) is 15.5. The number of benzene rings is 4. The van der Waals surface area contributed by atoms with E-state index in [0.717, 1.165) is 32.7 Å². The Morgan fingerprint density at radius 2 is 1.00 bits per heavy atom. The van der Waals surface area contributed by atoms with Crippen LogP contribution in [0.2, 0.25) is 0 Å². The molecule has 1 radical (unpaired) electrons. The third-order valence-corrected chi connectivity index (χ3v) is 5.41. The van der Waals surface area contributed by atoms with Crippen LogP contribution in [-0.4, -0.2) is 0 Å². The quantitative estimate of drug-likeness (QED) is 0.372. The molecule has 27 heavy (non-hydrogen) atoms. The van der Waals surface area contributed by atoms with E-state index in [1.165, 1.54) is 0 Å². The molecule has 4 aromatic carbocycles. The Morgan fingerprint density at radius 3 is 1.48 bits per heavy atom. The predicted octanol–water partition coefficient (Wildman–Crippen LogP) is 6.27. The van der Waals surface area contributed by atoms with Gasteiger partial charge in [-0.05, 0) is 32.7 Å². The molecule has 135 valence electrons. The first kappa shape index (κ1) is 17.9. The number of hydrogen-bond donors (Lipinski definition) is 0. The van der Waals surface area contributed by atoms with E-state index in [0.29, 0.717) is 0 Å². The molecule has 0 aliphatic heterocycles. The van der Waals surface area contributed by atoms with Gasteiger partial charge in [-0.1, -0.05) is 84.9 Å². The molecule has 0 spiro atoms. The fraction of sp³-hybridized carbons (Fsp3) is 0.0909. The maximum absolute atomic E-state index is 12.2. The van der Waals surface area contributed by atoms with E-state index in [4.69, 9.17) is 9.05 Å². The maximum atomic E-state index is 12.2. The van der Waals surface area contributed by atoms with E-state index in [9.17, 15) is 9.46 Å². The first-order valence-electron chi connectivity index (χ1n) is 8.66. The summed E-state index contributed by atoms with van der Waals surface area (Å²) >= 11 is 0. The van der Waals surface area contributed by atoms with E-state index in [1.54, 1.807) is 0 Å². The Morgan fingerprint density at radius 1 is 0.593 bits per heavy atom. The van der Waals surface area contributed by atoms with Gasteiger partial charge in [-0.15, -0.1) is 4.89 Å². The molecule has 0 bridgehead atoms. The highest BCUT2D eigenvalue weighted by molar-refractivity contribution is 7.47. The van der Waals surface area contributed by atoms with Crippen molar-refractivity contribution in [3.63, 3.8) is 0 Å². The van der Waals surface area contributed by atoms with E-state index >= 15 is 0 Å². The third kappa shape index (κ3) is 4.10. The van der Waals surface area contributed by atoms with Crippen LogP contribution in [0.25, 0.3) is 21.5 Å². The predicted molar refractivity (Wildman–Crippen MR) is 106 cm³/mol. The molecule has 0 saturated heterocycles. The maximum Gasteiger partial charge on any atom is 0.503 e. The van der Waals surface area contributed by atoms with Gasteiger partial charge < -0.3 is 0 Å². The molecule has 0 heterocycles. The van der Waals surface area contributed by atoms with Gasteiger partial charge in [0.25, 0.3) is 0 Å². The minimum Gasteiger partial charge on any atom is -0.280 e. The van der Waals surface area contributed by atoms with Crippen molar-refractivity contribution >= 4 is 29.4 Å². The highest BCUT2D eigenvalue weighted by Gasteiger charge is 2.24. The molecule has 0 aromatic heterocycles. The lowest BCUT2D eigenvalue weighted by atomic mass is 10.1. The lowest BCUT2D eigenvalue weighted by molar-refractivity contribution is 0.117. The average molecular weight is 377 g/mol. The van der Waals surface area contributed by atoms with Crippen LogP contribution >= 0.6 is 7.82 Å². The zero-order chi connectivity index (χ0) is 18.7. The Labute approximate surface area is 157 Å². The second-order valence-corrected chi connectivity index (χ2v) is 7.68. The molecular weight excluding hydrogens is 359 g/mol. The zero-order valence-electron chi connectivity index (χ0n) is 14.6. The van der Waals surface area contributed by atoms with Crippen LogP contribution in [-0.2, 0) is 31.7 Å². The second kappa shape index (κ2) is 7.63. The van der Waals surface area contributed by atoms with Crippen LogP contribution in [0, 0.1) is 0 Å². The molecule has 4 nitrogen and oxygen atoms in total. The first-order chi connectivity index (χ1) is 13.1. The monoisotopic (exact) mass is 377 g/mol. The van der Waals surface area contributed by atoms with Crippen molar-refractivity contribution in [2.45, 2.75) is 13.2 Å². The standard InChI is InChI=1S/C22H18O4P/c23-27(24,25-15-19-11-5-9-17-7-1-3-13-21(17)19)26-16-20-12-6-10-18-8-2-4-14-22(18)20/h1-14H,15-16H2. The molecule has 0 saturated carbocycles. The number of hydrogen-bond acceptors (Lipinski definition) is 3. The SMILES string of the molecule is [O]P(=O)(OCc1cccc2ccccc12)OCc1cccc2ccccc12. The molecule has 0 N–H and O–H groups in total. The molecule has 0 amide bonds. The molecule has 5 heteroatoms. The van der Waals surface area contributed by atoms with Gasteiger partial charge in [-0.25, -0.2) is 4.57 Å². The number of fused-ring (bicyclic) bond motifs is 2. The van der Waals surface area contributed by atoms with Gasteiger partial charge in [0, 0.05) is 0 Å². The van der Waals surface area contributed by atoms with Crippen LogP contribution in [0.3, 0.4) is 0 Å². The fourth-order valence-electron chi connectivity index (χ4n) is 3.17. The first-order valence-corrected chi connectivity index (χ1v) is 10.1. The fourth-order valence-corrected chi connectivity index (χ4v) is 3.84. The van der Waals surface area contributed by atoms with E-state index < -0.39 is 7.82 Å². The highest BCUT2D eigenvalue weighted by Crippen LogP contribution is 2.46. The van der Waals surface area contributed by atoms with E-state index in [-0.39, 0.29) is 13.2 Å². The summed E-state index contributed by atoms with van der Waals surface area (Å²) in [5, 5.41) is 4.01. The van der Waals surface area contributed by atoms with Gasteiger partial charge >= 0.3 is 7.82 Å². The summed E-state index contributed by atoms with van der Waals surface area (Å²) in [5.41, 5.74) is 1.61. The molecule has 0 fully saturated rings. The van der Waals surface area contributed by atoms with Crippen molar-refractivity contribution in [2.24, 2.45) is 0 Å². The van der Waals surface area contributed by atoms with Gasteiger partial charge in [0.05, 0.1) is 13.2 Å². The van der Waals surface area contributed by atoms with Gasteiger partial charge in [0.15, 0.2) is 0 Å². The van der Waals surface area contributed by atoms with Crippen LogP contribution in [0.1, 0.15) is 11.1 Å². The molecular formula is C22H18O4P. The largest absolute Gasteiger partial charge is 0.503 e. The molecule has 0 atom stereocenters. The topological polar surface area (TPSA) is 55.4 Å². The van der Waals surface area contributed by atoms with Crippen molar-refractivity contribution in [1.82, 2.24) is 0 Å². The molecule has 0 aliphatic carbocycles. The Bertz CT molecular complexity index is 1040. The van der Waals surface area contributed by atoms with Crippen LogP contribution in [0.15, 0.2) is 84.9 Å². The summed E-state index contributed by atoms with van der Waals surface area (Å²) in [6.45, 7) is -0.116. The van der Waals surface area contributed by atoms with E-state index in [2.05, 4.69) is 0 Å². The molecule has 4 rings (SSSR count). The summed E-state index contributed by atoms with van der Waals surface area (Å²) in [4.78, 5) is 12.2. The summed E-state index contributed by atoms with van der Waals surface area (Å²) in [6, 6.07) is 27.0. The Kier molecular flexibility index (Phi) is 5.06. The van der Waals surface area contributed by atoms with Crippen molar-refractivity contribution in [3.8, 4) is 0 Å². The normalized spacial score (nSPS) is 11.9. The summed E-state index contributed by atoms with van der Waals surface area (Å²) in [5.74, 6) is 0. The summed E-state index contributed by atoms with van der Waals surface area (Å²) < 4.78 is 22.5. The summed E-state index contributed by atoms with van der Waals surface area (Å²) in [7, 11) is -4.43. The van der Waals surface area contributed by atoms with Crippen molar-refractivity contribution in [2.75, 3.05) is 0 Å². The third-order valence-electron chi connectivity index (χ3n) is 4.52. The van der Waals surface area contributed by atoms with E-state index in [1.807, 2.05) is 84.9 Å². The van der Waals surface area contributed by atoms with Crippen molar-refractivity contribution in [3.05, 3.63) is 96.1 Å². The molecule has 0 aliphatic rings. The Balaban J connectivity index is 1.46. The number of rotatable bonds is 6. The van der Waals surface area contributed by atoms with Crippen LogP contribution in [0.4, 0.5) is 0 Å². The lowest BCUT2D eigenvalue weighted by Gasteiger charge is -2.13. The highest BCUT2D eigenvalue weighted by atomic mass is 31.2. The van der Waals surface area contributed by atoms with Crippen LogP contribution in [0.5, 0.6) is 0 Å². The second-order valence-electron chi connectivity index (χ2n) is 6.27. The lowest BCUT2D eigenvalue weighted by Crippen LogP contribution is -1.97. The van der Waals surface area contributed by atoms with Crippen molar-refractivity contribution in [1.29, 1.82) is 0 Å². The minimum absolute atomic E-state index is 0.0579. The average Bonchev–Trinajstić information content (AvgIpc) is 2.71.